The van der Waals surface area contributed by atoms with Crippen LogP contribution in [-0.4, -0.2) is 22.2 Å². The van der Waals surface area contributed by atoms with Crippen LogP contribution in [-0.2, 0) is 4.79 Å². The number of rotatable bonds is 5. The molecule has 6 heteroatoms. The van der Waals surface area contributed by atoms with Gasteiger partial charge in [0.15, 0.2) is 6.10 Å². The van der Waals surface area contributed by atoms with Crippen molar-refractivity contribution in [1.82, 2.24) is 10.1 Å². The van der Waals surface area contributed by atoms with Crippen LogP contribution in [0.2, 0.25) is 0 Å². The van der Waals surface area contributed by atoms with E-state index in [1.165, 1.54) is 5.56 Å². The Hall–Kier alpha value is -3.15. The monoisotopic (exact) mass is 337 g/mol. The molecule has 0 saturated carbocycles. The van der Waals surface area contributed by atoms with Gasteiger partial charge in [-0.05, 0) is 61.3 Å². The minimum Gasteiger partial charge on any atom is -0.481 e. The maximum Gasteiger partial charge on any atom is 0.270 e. The SMILES string of the molecule is Cc1ccc(O[C@@H](C)C(=O)Nc2noc(-c3ccccc3)n2)cc1C. The summed E-state index contributed by atoms with van der Waals surface area (Å²) in [4.78, 5) is 16.4. The second kappa shape index (κ2) is 7.17. The highest BCUT2D eigenvalue weighted by Gasteiger charge is 2.18. The number of ether oxygens (including phenoxy) is 1. The highest BCUT2D eigenvalue weighted by Crippen LogP contribution is 2.19. The topological polar surface area (TPSA) is 77.2 Å². The molecule has 0 aliphatic heterocycles. The smallest absolute Gasteiger partial charge is 0.270 e. The summed E-state index contributed by atoms with van der Waals surface area (Å²) in [6.45, 7) is 5.69. The highest BCUT2D eigenvalue weighted by atomic mass is 16.5. The summed E-state index contributed by atoms with van der Waals surface area (Å²) < 4.78 is 10.8. The molecule has 25 heavy (non-hydrogen) atoms. The second-order valence-corrected chi connectivity index (χ2v) is 5.78. The van der Waals surface area contributed by atoms with Crippen molar-refractivity contribution in [3.8, 4) is 17.2 Å². The lowest BCUT2D eigenvalue weighted by Gasteiger charge is -2.14. The molecular formula is C19H19N3O3. The van der Waals surface area contributed by atoms with Crippen LogP contribution in [0.25, 0.3) is 11.5 Å². The van der Waals surface area contributed by atoms with Crippen molar-refractivity contribution in [2.24, 2.45) is 0 Å². The van der Waals surface area contributed by atoms with Crippen LogP contribution >= 0.6 is 0 Å². The van der Waals surface area contributed by atoms with Crippen LogP contribution < -0.4 is 10.1 Å². The minimum atomic E-state index is -0.694. The van der Waals surface area contributed by atoms with Gasteiger partial charge in [-0.25, -0.2) is 0 Å². The maximum absolute atomic E-state index is 12.3. The van der Waals surface area contributed by atoms with E-state index in [0.717, 1.165) is 11.1 Å². The van der Waals surface area contributed by atoms with Gasteiger partial charge in [-0.2, -0.15) is 4.98 Å². The van der Waals surface area contributed by atoms with Crippen molar-refractivity contribution in [1.29, 1.82) is 0 Å². The number of hydrogen-bond acceptors (Lipinski definition) is 5. The Morgan fingerprint density at radius 2 is 1.88 bits per heavy atom. The van der Waals surface area contributed by atoms with Crippen molar-refractivity contribution in [2.45, 2.75) is 26.9 Å². The van der Waals surface area contributed by atoms with Crippen LogP contribution in [0.4, 0.5) is 5.95 Å². The lowest BCUT2D eigenvalue weighted by Crippen LogP contribution is -2.30. The molecule has 3 aromatic rings. The number of amides is 1. The van der Waals surface area contributed by atoms with E-state index in [1.54, 1.807) is 6.92 Å². The quantitative estimate of drug-likeness (QED) is 0.767. The first-order valence-corrected chi connectivity index (χ1v) is 7.97. The Morgan fingerprint density at radius 1 is 1.12 bits per heavy atom. The number of aryl methyl sites for hydroxylation is 2. The van der Waals surface area contributed by atoms with E-state index in [9.17, 15) is 4.79 Å². The van der Waals surface area contributed by atoms with Crippen molar-refractivity contribution in [3.63, 3.8) is 0 Å². The molecule has 1 N–H and O–H groups in total. The molecule has 1 heterocycles. The molecule has 0 fully saturated rings. The fourth-order valence-electron chi connectivity index (χ4n) is 2.23. The fourth-order valence-corrected chi connectivity index (χ4v) is 2.23. The third-order valence-electron chi connectivity index (χ3n) is 3.84. The van der Waals surface area contributed by atoms with Crippen molar-refractivity contribution < 1.29 is 14.1 Å². The number of carbonyl (C=O) groups is 1. The molecule has 0 saturated heterocycles. The Labute approximate surface area is 145 Å². The van der Waals surface area contributed by atoms with E-state index in [0.29, 0.717) is 11.6 Å². The van der Waals surface area contributed by atoms with E-state index >= 15 is 0 Å². The van der Waals surface area contributed by atoms with E-state index in [2.05, 4.69) is 15.5 Å². The number of anilines is 1. The summed E-state index contributed by atoms with van der Waals surface area (Å²) >= 11 is 0. The molecule has 1 aromatic heterocycles. The molecule has 0 unspecified atom stereocenters. The van der Waals surface area contributed by atoms with Crippen LogP contribution in [0.1, 0.15) is 18.1 Å². The zero-order valence-corrected chi connectivity index (χ0v) is 14.3. The predicted octanol–water partition coefficient (Wildman–Crippen LogP) is 3.76. The average molecular weight is 337 g/mol. The number of aromatic nitrogens is 2. The van der Waals surface area contributed by atoms with Gasteiger partial charge in [0.25, 0.3) is 17.7 Å². The number of nitrogens with zero attached hydrogens (tertiary/aromatic N) is 2. The molecule has 0 aliphatic rings. The first-order valence-electron chi connectivity index (χ1n) is 7.97. The van der Waals surface area contributed by atoms with Gasteiger partial charge < -0.3 is 9.26 Å². The largest absolute Gasteiger partial charge is 0.481 e. The predicted molar refractivity (Wildman–Crippen MR) is 94.4 cm³/mol. The maximum atomic E-state index is 12.3. The number of hydrogen-bond donors (Lipinski definition) is 1. The van der Waals surface area contributed by atoms with Gasteiger partial charge in [-0.3, -0.25) is 10.1 Å². The molecule has 0 aliphatic carbocycles. The normalized spacial score (nSPS) is 11.8. The van der Waals surface area contributed by atoms with Crippen molar-refractivity contribution in [3.05, 3.63) is 59.7 Å². The molecule has 3 rings (SSSR count). The van der Waals surface area contributed by atoms with Gasteiger partial charge in [-0.1, -0.05) is 24.3 Å². The number of nitrogens with one attached hydrogen (secondary N) is 1. The Morgan fingerprint density at radius 3 is 2.60 bits per heavy atom. The van der Waals surface area contributed by atoms with Gasteiger partial charge >= 0.3 is 0 Å². The Kier molecular flexibility index (Phi) is 4.79. The molecule has 1 amide bonds. The van der Waals surface area contributed by atoms with Crippen molar-refractivity contribution in [2.75, 3.05) is 5.32 Å². The number of benzene rings is 2. The number of carbonyl (C=O) groups excluding carboxylic acids is 1. The third-order valence-corrected chi connectivity index (χ3v) is 3.84. The fraction of sp³-hybridized carbons (Fsp3) is 0.211. The zero-order chi connectivity index (χ0) is 17.8. The summed E-state index contributed by atoms with van der Waals surface area (Å²) in [5.41, 5.74) is 3.07. The van der Waals surface area contributed by atoms with E-state index in [-0.39, 0.29) is 11.9 Å². The summed E-state index contributed by atoms with van der Waals surface area (Å²) in [7, 11) is 0. The van der Waals surface area contributed by atoms with Gasteiger partial charge in [0.2, 0.25) is 0 Å². The van der Waals surface area contributed by atoms with E-state index < -0.39 is 6.10 Å². The molecule has 2 aromatic carbocycles. The molecule has 1 atom stereocenters. The van der Waals surface area contributed by atoms with Crippen LogP contribution in [0.3, 0.4) is 0 Å². The molecule has 0 bridgehead atoms. The van der Waals surface area contributed by atoms with Gasteiger partial charge in [0.1, 0.15) is 5.75 Å². The van der Waals surface area contributed by atoms with Gasteiger partial charge in [0, 0.05) is 5.56 Å². The molecule has 128 valence electrons. The van der Waals surface area contributed by atoms with E-state index in [4.69, 9.17) is 9.26 Å². The Bertz CT molecular complexity index is 875. The van der Waals surface area contributed by atoms with Crippen LogP contribution in [0, 0.1) is 13.8 Å². The minimum absolute atomic E-state index is 0.111. The van der Waals surface area contributed by atoms with Gasteiger partial charge in [0.05, 0.1) is 0 Å². The summed E-state index contributed by atoms with van der Waals surface area (Å²) in [6.07, 6.45) is -0.694. The lowest BCUT2D eigenvalue weighted by molar-refractivity contribution is -0.122. The molecule has 0 radical (unpaired) electrons. The standard InChI is InChI=1S/C19H19N3O3/c1-12-9-10-16(11-13(12)2)24-14(3)17(23)20-19-21-18(25-22-19)15-7-5-4-6-8-15/h4-11,14H,1-3H3,(H,20,22,23)/t14-/m0/s1. The third kappa shape index (κ3) is 4.03. The molecule has 6 nitrogen and oxygen atoms in total. The second-order valence-electron chi connectivity index (χ2n) is 5.78. The van der Waals surface area contributed by atoms with Gasteiger partial charge in [-0.15, -0.1) is 0 Å². The van der Waals surface area contributed by atoms with Crippen LogP contribution in [0.15, 0.2) is 53.1 Å². The Balaban J connectivity index is 1.63. The summed E-state index contributed by atoms with van der Waals surface area (Å²) in [5, 5.41) is 6.37. The zero-order valence-electron chi connectivity index (χ0n) is 14.3. The molecule has 0 spiro atoms. The lowest BCUT2D eigenvalue weighted by atomic mass is 10.1. The first-order chi connectivity index (χ1) is 12.0. The van der Waals surface area contributed by atoms with E-state index in [1.807, 2.05) is 62.4 Å². The highest BCUT2D eigenvalue weighted by molar-refractivity contribution is 5.92. The summed E-state index contributed by atoms with van der Waals surface area (Å²) in [6, 6.07) is 15.0. The summed E-state index contributed by atoms with van der Waals surface area (Å²) in [5.74, 6) is 0.750. The first kappa shape index (κ1) is 16.7. The van der Waals surface area contributed by atoms with Crippen LogP contribution in [0.5, 0.6) is 5.75 Å². The van der Waals surface area contributed by atoms with Crippen molar-refractivity contribution >= 4 is 11.9 Å². The molecular weight excluding hydrogens is 318 g/mol. The average Bonchev–Trinajstić information content (AvgIpc) is 3.07.